The van der Waals surface area contributed by atoms with Crippen molar-refractivity contribution < 1.29 is 14.7 Å². The molecule has 0 fully saturated rings. The van der Waals surface area contributed by atoms with E-state index in [0.717, 1.165) is 5.56 Å². The van der Waals surface area contributed by atoms with Gasteiger partial charge in [0.25, 0.3) is 0 Å². The van der Waals surface area contributed by atoms with Crippen LogP contribution in [0.2, 0.25) is 0 Å². The maximum absolute atomic E-state index is 12.0. The molecule has 0 spiro atoms. The fourth-order valence-corrected chi connectivity index (χ4v) is 1.49. The van der Waals surface area contributed by atoms with E-state index in [9.17, 15) is 9.59 Å². The first kappa shape index (κ1) is 15.4. The quantitative estimate of drug-likeness (QED) is 0.805. The van der Waals surface area contributed by atoms with Gasteiger partial charge in [0.2, 0.25) is 0 Å². The summed E-state index contributed by atoms with van der Waals surface area (Å²) in [5, 5.41) is 19.8. The zero-order chi connectivity index (χ0) is 15.0. The van der Waals surface area contributed by atoms with E-state index in [0.29, 0.717) is 0 Å². The van der Waals surface area contributed by atoms with Gasteiger partial charge in [-0.3, -0.25) is 9.78 Å². The molecule has 1 aromatic rings. The fourth-order valence-electron chi connectivity index (χ4n) is 1.49. The number of hydrogen-bond donors (Lipinski definition) is 2. The molecule has 1 heterocycles. The molecule has 0 aliphatic carbocycles. The number of rotatable bonds is 6. The molecule has 2 N–H and O–H groups in total. The van der Waals surface area contributed by atoms with Crippen molar-refractivity contribution in [3.8, 4) is 6.07 Å². The van der Waals surface area contributed by atoms with Crippen molar-refractivity contribution in [1.29, 1.82) is 5.26 Å². The number of nitriles is 1. The first-order valence-electron chi connectivity index (χ1n) is 6.08. The predicted octanol–water partition coefficient (Wildman–Crippen LogP) is 0.980. The number of aliphatic carboxylic acids is 1. The average molecular weight is 276 g/mol. The van der Waals surface area contributed by atoms with Gasteiger partial charge in [-0.1, -0.05) is 6.07 Å². The molecule has 2 amide bonds. The minimum atomic E-state index is -1.11. The Morgan fingerprint density at radius 3 is 2.90 bits per heavy atom. The lowest BCUT2D eigenvalue weighted by atomic mass is 10.2. The molecular formula is C13H16N4O3. The number of urea groups is 1. The third-order valence-electron chi connectivity index (χ3n) is 2.59. The number of carboxylic acid groups (broad SMARTS) is 1. The number of nitrogens with one attached hydrogen (secondary N) is 1. The lowest BCUT2D eigenvalue weighted by Crippen LogP contribution is -2.46. The Morgan fingerprint density at radius 1 is 1.60 bits per heavy atom. The Kier molecular flexibility index (Phi) is 5.97. The largest absolute Gasteiger partial charge is 0.480 e. The molecule has 1 aromatic heterocycles. The van der Waals surface area contributed by atoms with Crippen molar-refractivity contribution in [1.82, 2.24) is 15.2 Å². The lowest BCUT2D eigenvalue weighted by Gasteiger charge is -2.23. The van der Waals surface area contributed by atoms with Crippen LogP contribution < -0.4 is 5.32 Å². The molecule has 1 rings (SSSR count). The van der Waals surface area contributed by atoms with Gasteiger partial charge >= 0.3 is 12.0 Å². The van der Waals surface area contributed by atoms with Gasteiger partial charge in [0.05, 0.1) is 12.5 Å². The number of pyridine rings is 1. The highest BCUT2D eigenvalue weighted by molar-refractivity contribution is 5.82. The molecule has 0 saturated heterocycles. The third-order valence-corrected chi connectivity index (χ3v) is 2.59. The fraction of sp³-hybridized carbons (Fsp3) is 0.385. The maximum Gasteiger partial charge on any atom is 0.325 e. The molecule has 20 heavy (non-hydrogen) atoms. The molecule has 0 radical (unpaired) electrons. The molecule has 7 nitrogen and oxygen atoms in total. The molecular weight excluding hydrogens is 260 g/mol. The molecule has 1 atom stereocenters. The Labute approximate surface area is 116 Å². The van der Waals surface area contributed by atoms with E-state index < -0.39 is 18.0 Å². The van der Waals surface area contributed by atoms with Gasteiger partial charge in [-0.2, -0.15) is 5.26 Å². The zero-order valence-electron chi connectivity index (χ0n) is 11.1. The summed E-state index contributed by atoms with van der Waals surface area (Å²) in [5.74, 6) is -1.11. The molecule has 1 unspecified atom stereocenters. The summed E-state index contributed by atoms with van der Waals surface area (Å²) < 4.78 is 0. The summed E-state index contributed by atoms with van der Waals surface area (Å²) in [6.07, 6.45) is 3.41. The minimum Gasteiger partial charge on any atom is -0.480 e. The van der Waals surface area contributed by atoms with Crippen LogP contribution in [0.5, 0.6) is 0 Å². The van der Waals surface area contributed by atoms with Gasteiger partial charge in [0, 0.05) is 25.5 Å². The van der Waals surface area contributed by atoms with Crippen molar-refractivity contribution in [2.24, 2.45) is 0 Å². The number of aromatic nitrogens is 1. The van der Waals surface area contributed by atoms with Gasteiger partial charge in [-0.25, -0.2) is 4.79 Å². The smallest absolute Gasteiger partial charge is 0.325 e. The van der Waals surface area contributed by atoms with Crippen LogP contribution in [0, 0.1) is 11.3 Å². The van der Waals surface area contributed by atoms with Crippen molar-refractivity contribution in [2.75, 3.05) is 6.54 Å². The molecule has 0 aliphatic heterocycles. The van der Waals surface area contributed by atoms with Crippen LogP contribution in [0.25, 0.3) is 0 Å². The van der Waals surface area contributed by atoms with Crippen LogP contribution in [-0.2, 0) is 11.3 Å². The van der Waals surface area contributed by atoms with Gasteiger partial charge in [-0.15, -0.1) is 0 Å². The van der Waals surface area contributed by atoms with Crippen LogP contribution in [0.4, 0.5) is 4.79 Å². The SMILES string of the molecule is CC(NC(=O)N(CCC#N)Cc1cccnc1)C(=O)O. The van der Waals surface area contributed by atoms with E-state index in [2.05, 4.69) is 10.3 Å². The lowest BCUT2D eigenvalue weighted by molar-refractivity contribution is -0.138. The molecule has 0 aliphatic rings. The van der Waals surface area contributed by atoms with Gasteiger partial charge in [0.15, 0.2) is 0 Å². The van der Waals surface area contributed by atoms with Crippen molar-refractivity contribution in [3.05, 3.63) is 30.1 Å². The van der Waals surface area contributed by atoms with E-state index in [1.54, 1.807) is 24.5 Å². The second-order valence-electron chi connectivity index (χ2n) is 4.20. The number of carbonyl (C=O) groups excluding carboxylic acids is 1. The molecule has 0 bridgehead atoms. The van der Waals surface area contributed by atoms with E-state index in [4.69, 9.17) is 10.4 Å². The second-order valence-corrected chi connectivity index (χ2v) is 4.20. The Hall–Kier alpha value is -2.62. The van der Waals surface area contributed by atoms with E-state index in [-0.39, 0.29) is 19.5 Å². The number of nitrogens with zero attached hydrogens (tertiary/aromatic N) is 3. The van der Waals surface area contributed by atoms with Gasteiger partial charge in [0.1, 0.15) is 6.04 Å². The number of carbonyl (C=O) groups is 2. The van der Waals surface area contributed by atoms with Gasteiger partial charge < -0.3 is 15.3 Å². The first-order valence-corrected chi connectivity index (χ1v) is 6.08. The molecule has 0 aromatic carbocycles. The van der Waals surface area contributed by atoms with Crippen LogP contribution in [0.3, 0.4) is 0 Å². The predicted molar refractivity (Wildman–Crippen MR) is 70.5 cm³/mol. The van der Waals surface area contributed by atoms with Crippen LogP contribution in [-0.4, -0.2) is 39.6 Å². The Bertz CT molecular complexity index is 498. The van der Waals surface area contributed by atoms with E-state index >= 15 is 0 Å². The first-order chi connectivity index (χ1) is 9.54. The number of amides is 2. The standard InChI is InChI=1S/C13H16N4O3/c1-10(12(18)19)16-13(20)17(7-3-5-14)9-11-4-2-6-15-8-11/h2,4,6,8,10H,3,7,9H2,1H3,(H,16,20)(H,18,19). The van der Waals surface area contributed by atoms with Crippen LogP contribution in [0.1, 0.15) is 18.9 Å². The topological polar surface area (TPSA) is 106 Å². The number of carboxylic acids is 1. The summed E-state index contributed by atoms with van der Waals surface area (Å²) in [6, 6.07) is 4.01. The van der Waals surface area contributed by atoms with E-state index in [1.165, 1.54) is 11.8 Å². The summed E-state index contributed by atoms with van der Waals surface area (Å²) in [5.41, 5.74) is 0.809. The Morgan fingerprint density at radius 2 is 2.35 bits per heavy atom. The molecule has 7 heteroatoms. The summed E-state index contributed by atoms with van der Waals surface area (Å²) >= 11 is 0. The summed E-state index contributed by atoms with van der Waals surface area (Å²) in [7, 11) is 0. The van der Waals surface area contributed by atoms with Crippen LogP contribution >= 0.6 is 0 Å². The Balaban J connectivity index is 2.71. The summed E-state index contributed by atoms with van der Waals surface area (Å²) in [4.78, 5) is 28.1. The monoisotopic (exact) mass is 276 g/mol. The minimum absolute atomic E-state index is 0.176. The zero-order valence-corrected chi connectivity index (χ0v) is 11.1. The maximum atomic E-state index is 12.0. The molecule has 106 valence electrons. The van der Waals surface area contributed by atoms with Crippen molar-refractivity contribution >= 4 is 12.0 Å². The highest BCUT2D eigenvalue weighted by Gasteiger charge is 2.19. The average Bonchev–Trinajstić information content (AvgIpc) is 2.44. The van der Waals surface area contributed by atoms with Crippen molar-refractivity contribution in [2.45, 2.75) is 25.9 Å². The van der Waals surface area contributed by atoms with Gasteiger partial charge in [-0.05, 0) is 18.6 Å². The van der Waals surface area contributed by atoms with E-state index in [1.807, 2.05) is 6.07 Å². The molecule has 0 saturated carbocycles. The highest BCUT2D eigenvalue weighted by Crippen LogP contribution is 2.04. The second kappa shape index (κ2) is 7.74. The number of hydrogen-bond acceptors (Lipinski definition) is 4. The van der Waals surface area contributed by atoms with Crippen LogP contribution in [0.15, 0.2) is 24.5 Å². The highest BCUT2D eigenvalue weighted by atomic mass is 16.4. The third kappa shape index (κ3) is 4.94. The van der Waals surface area contributed by atoms with Crippen molar-refractivity contribution in [3.63, 3.8) is 0 Å². The normalized spacial score (nSPS) is 11.2. The summed E-state index contributed by atoms with van der Waals surface area (Å²) in [6.45, 7) is 1.88.